The molecule has 0 bridgehead atoms. The number of thiazole rings is 1. The Morgan fingerprint density at radius 3 is 2.70 bits per heavy atom. The van der Waals surface area contributed by atoms with Crippen LogP contribution >= 0.6 is 11.3 Å². The summed E-state index contributed by atoms with van der Waals surface area (Å²) in [6.07, 6.45) is -1.76. The minimum atomic E-state index is -1.78. The number of aliphatic hydroxyl groups excluding tert-OH is 3. The number of carboxylic acids is 1. The number of aliphatic hydroxyl groups is 3. The lowest BCUT2D eigenvalue weighted by Gasteiger charge is -2.50. The lowest BCUT2D eigenvalue weighted by molar-refractivity contribution is -0.271. The van der Waals surface area contributed by atoms with Gasteiger partial charge in [-0.15, -0.1) is 11.3 Å². The minimum absolute atomic E-state index is 0.0759. The fraction of sp³-hybridized carbons (Fsp3) is 0.613. The molecule has 12 heteroatoms. The number of nitrogens with zero attached hydrogens (tertiary/aromatic N) is 1. The van der Waals surface area contributed by atoms with Gasteiger partial charge >= 0.3 is 5.97 Å². The number of carboxylic acid groups (broad SMARTS) is 1. The highest BCUT2D eigenvalue weighted by Crippen LogP contribution is 2.62. The molecule has 2 heterocycles. The van der Waals surface area contributed by atoms with E-state index < -0.39 is 36.7 Å². The maximum absolute atomic E-state index is 13.3. The third-order valence-electron chi connectivity index (χ3n) is 10.2. The number of fused-ring (bicyclic) bond motifs is 5. The first-order valence-electron chi connectivity index (χ1n) is 14.9. The number of hydrogen-bond donors (Lipinski definition) is 5. The third kappa shape index (κ3) is 5.48. The monoisotopic (exact) mass is 614 g/mol. The normalized spacial score (nSPS) is 36.8. The molecule has 0 spiro atoms. The molecule has 1 aromatic carbocycles. The van der Waals surface area contributed by atoms with Crippen LogP contribution < -0.4 is 10.1 Å². The highest BCUT2D eigenvalue weighted by atomic mass is 32.1. The van der Waals surface area contributed by atoms with Crippen LogP contribution in [-0.2, 0) is 25.5 Å². The van der Waals surface area contributed by atoms with E-state index in [2.05, 4.69) is 17.2 Å². The van der Waals surface area contributed by atoms with Crippen LogP contribution in [0.2, 0.25) is 0 Å². The Morgan fingerprint density at radius 2 is 1.98 bits per heavy atom. The van der Waals surface area contributed by atoms with Crippen molar-refractivity contribution in [1.29, 1.82) is 0 Å². The molecule has 0 radical (unpaired) electrons. The molecule has 4 unspecified atom stereocenters. The van der Waals surface area contributed by atoms with Gasteiger partial charge in [0.25, 0.3) is 0 Å². The number of amides is 1. The number of aliphatic carboxylic acids is 1. The lowest BCUT2D eigenvalue weighted by Crippen LogP contribution is -2.61. The summed E-state index contributed by atoms with van der Waals surface area (Å²) in [6.45, 7) is 4.06. The van der Waals surface area contributed by atoms with E-state index in [9.17, 15) is 34.8 Å². The molecule has 3 fully saturated rings. The Labute approximate surface area is 253 Å². The number of carbonyl (C=O) groups excluding carboxylic acids is 2. The average Bonchev–Trinajstić information content (AvgIpc) is 3.50. The van der Waals surface area contributed by atoms with Crippen LogP contribution in [0, 0.1) is 30.1 Å². The second-order valence-electron chi connectivity index (χ2n) is 12.8. The first-order chi connectivity index (χ1) is 20.5. The van der Waals surface area contributed by atoms with Crippen molar-refractivity contribution in [3.63, 3.8) is 0 Å². The maximum atomic E-state index is 13.3. The summed E-state index contributed by atoms with van der Waals surface area (Å²) in [6, 6.07) is 5.61. The number of hydrogen-bond acceptors (Lipinski definition) is 10. The Morgan fingerprint density at radius 1 is 1.19 bits per heavy atom. The highest BCUT2D eigenvalue weighted by molar-refractivity contribution is 7.15. The lowest BCUT2D eigenvalue weighted by atomic mass is 9.54. The van der Waals surface area contributed by atoms with Crippen molar-refractivity contribution in [2.24, 2.45) is 23.2 Å². The molecular weight excluding hydrogens is 576 g/mol. The quantitative estimate of drug-likeness (QED) is 0.312. The zero-order valence-electron chi connectivity index (χ0n) is 24.1. The molecule has 1 aliphatic heterocycles. The Balaban J connectivity index is 1.16. The molecule has 1 aromatic heterocycles. The first-order valence-corrected chi connectivity index (χ1v) is 15.8. The SMILES string of the molecule is Cc1cnc(NC(=O)CC[C@@H]2CC(=O)C3(C)CCC4c5ccc(O[C@@H]6O[C@H](C(=O)O)[C@@H](O)[C@H](O)[C@H]6O)cc5CCC4C23)s1. The number of benzene rings is 1. The number of ether oxygens (including phenoxy) is 2. The first kappa shape index (κ1) is 30.1. The third-order valence-corrected chi connectivity index (χ3v) is 11.0. The standard InChI is InChI=1S/C31H38N2O9S/c1-14-13-32-30(43-14)33-22(35)8-4-16-12-21(34)31(2)10-9-19-18-7-5-17(11-15(18)3-6-20(19)23(16)31)41-29-26(38)24(36)25(37)27(42-29)28(39)40/h5,7,11,13,16,19-20,23-27,29,36-38H,3-4,6,8-10,12H2,1-2H3,(H,39,40)(H,32,33,35)/t16-,19?,20?,23?,24+,25+,26-,27+,29-,31?/m1/s1. The van der Waals surface area contributed by atoms with E-state index in [0.717, 1.165) is 36.1 Å². The van der Waals surface area contributed by atoms with Crippen LogP contribution in [0.15, 0.2) is 24.4 Å². The molecule has 11 nitrogen and oxygen atoms in total. The number of aryl methyl sites for hydroxylation is 2. The van der Waals surface area contributed by atoms with E-state index in [1.165, 1.54) is 16.9 Å². The van der Waals surface area contributed by atoms with Crippen LogP contribution in [0.5, 0.6) is 5.75 Å². The van der Waals surface area contributed by atoms with Crippen molar-refractivity contribution >= 4 is 34.1 Å². The van der Waals surface area contributed by atoms with Gasteiger partial charge in [0, 0.05) is 29.3 Å². The minimum Gasteiger partial charge on any atom is -0.479 e. The van der Waals surface area contributed by atoms with Crippen LogP contribution in [0.4, 0.5) is 5.13 Å². The Hall–Kier alpha value is -2.90. The summed E-state index contributed by atoms with van der Waals surface area (Å²) < 4.78 is 11.1. The van der Waals surface area contributed by atoms with E-state index in [4.69, 9.17) is 9.47 Å². The fourth-order valence-corrected chi connectivity index (χ4v) is 8.83. The highest BCUT2D eigenvalue weighted by Gasteiger charge is 2.58. The molecule has 2 saturated carbocycles. The number of ketones is 1. The maximum Gasteiger partial charge on any atom is 0.335 e. The van der Waals surface area contributed by atoms with Gasteiger partial charge in [0.2, 0.25) is 12.2 Å². The molecule has 1 saturated heterocycles. The van der Waals surface area contributed by atoms with E-state index >= 15 is 0 Å². The van der Waals surface area contributed by atoms with E-state index in [1.54, 1.807) is 12.3 Å². The fourth-order valence-electron chi connectivity index (χ4n) is 8.15. The largest absolute Gasteiger partial charge is 0.479 e. The topological polar surface area (TPSA) is 176 Å². The number of Topliss-reactive ketones (excluding diaryl/α,β-unsaturated/α-hetero) is 1. The summed E-state index contributed by atoms with van der Waals surface area (Å²) in [7, 11) is 0. The molecule has 1 amide bonds. The van der Waals surface area contributed by atoms with Crippen molar-refractivity contribution in [2.45, 2.75) is 95.4 Å². The number of aromatic nitrogens is 1. The van der Waals surface area contributed by atoms with Gasteiger partial charge in [0.1, 0.15) is 29.8 Å². The van der Waals surface area contributed by atoms with Gasteiger partial charge in [-0.05, 0) is 86.0 Å². The van der Waals surface area contributed by atoms with Crippen LogP contribution in [0.1, 0.15) is 67.4 Å². The molecule has 5 N–H and O–H groups in total. The molecule has 4 aliphatic rings. The van der Waals surface area contributed by atoms with E-state index in [1.807, 2.05) is 19.1 Å². The van der Waals surface area contributed by atoms with Crippen molar-refractivity contribution < 1.29 is 44.3 Å². The molecule has 3 aliphatic carbocycles. The predicted molar refractivity (Wildman–Crippen MR) is 155 cm³/mol. The van der Waals surface area contributed by atoms with E-state index in [0.29, 0.717) is 41.8 Å². The van der Waals surface area contributed by atoms with Crippen molar-refractivity contribution in [3.05, 3.63) is 40.4 Å². The van der Waals surface area contributed by atoms with Crippen LogP contribution in [0.3, 0.4) is 0 Å². The Kier molecular flexibility index (Phi) is 8.10. The van der Waals surface area contributed by atoms with Gasteiger partial charge in [0.15, 0.2) is 11.2 Å². The number of carbonyl (C=O) groups is 3. The molecule has 232 valence electrons. The molecule has 6 rings (SSSR count). The number of nitrogens with one attached hydrogen (secondary N) is 1. The van der Waals surface area contributed by atoms with Crippen LogP contribution in [-0.4, -0.2) is 73.8 Å². The zero-order chi connectivity index (χ0) is 30.6. The van der Waals surface area contributed by atoms with Gasteiger partial charge in [0.05, 0.1) is 0 Å². The summed E-state index contributed by atoms with van der Waals surface area (Å²) in [5.74, 6) is 0.0580. The number of anilines is 1. The molecule has 2 aromatic rings. The summed E-state index contributed by atoms with van der Waals surface area (Å²) in [4.78, 5) is 42.8. The van der Waals surface area contributed by atoms with Gasteiger partial charge in [-0.2, -0.15) is 0 Å². The van der Waals surface area contributed by atoms with Crippen molar-refractivity contribution in [1.82, 2.24) is 4.98 Å². The zero-order valence-corrected chi connectivity index (χ0v) is 25.0. The average molecular weight is 615 g/mol. The van der Waals surface area contributed by atoms with Gasteiger partial charge in [-0.1, -0.05) is 13.0 Å². The van der Waals surface area contributed by atoms with Gasteiger partial charge in [-0.25, -0.2) is 9.78 Å². The van der Waals surface area contributed by atoms with Gasteiger partial charge in [-0.3, -0.25) is 9.59 Å². The second kappa shape index (κ2) is 11.6. The summed E-state index contributed by atoms with van der Waals surface area (Å²) >= 11 is 1.44. The smallest absolute Gasteiger partial charge is 0.335 e. The second-order valence-corrected chi connectivity index (χ2v) is 14.0. The Bertz CT molecular complexity index is 1410. The van der Waals surface area contributed by atoms with E-state index in [-0.39, 0.29) is 29.1 Å². The van der Waals surface area contributed by atoms with Crippen molar-refractivity contribution in [2.75, 3.05) is 5.32 Å². The molecule has 10 atom stereocenters. The molecular formula is C31H38N2O9S. The molecule has 43 heavy (non-hydrogen) atoms. The van der Waals surface area contributed by atoms with Crippen LogP contribution in [0.25, 0.3) is 0 Å². The summed E-state index contributed by atoms with van der Waals surface area (Å²) in [5.41, 5.74) is 1.90. The van der Waals surface area contributed by atoms with Gasteiger partial charge < -0.3 is 35.2 Å². The number of rotatable bonds is 7. The van der Waals surface area contributed by atoms with Crippen molar-refractivity contribution in [3.8, 4) is 5.75 Å². The summed E-state index contributed by atoms with van der Waals surface area (Å²) in [5, 5.41) is 43.3. The predicted octanol–water partition coefficient (Wildman–Crippen LogP) is 2.79.